The molecule has 0 aliphatic carbocycles. The van der Waals surface area contributed by atoms with Gasteiger partial charge in [-0.1, -0.05) is 6.42 Å². The van der Waals surface area contributed by atoms with Crippen molar-refractivity contribution >= 4 is 6.29 Å². The third kappa shape index (κ3) is 12.2. The summed E-state index contributed by atoms with van der Waals surface area (Å²) in [5.41, 5.74) is 5.75. The van der Waals surface area contributed by atoms with Gasteiger partial charge in [-0.25, -0.2) is 9.97 Å². The first-order valence-corrected chi connectivity index (χ1v) is 12.4. The smallest absolute Gasteiger partial charge is 0.149 e. The summed E-state index contributed by atoms with van der Waals surface area (Å²) in [6, 6.07) is -0.402. The SMILES string of the molecule is CCOCOCCn1ccnc1CN(CCCCC(N)C=O)Cc1nccn1CCOCOCOC. The number of imidazole rings is 2. The third-order valence-corrected chi connectivity index (χ3v) is 5.46. The van der Waals surface area contributed by atoms with Crippen LogP contribution in [0.15, 0.2) is 24.8 Å². The van der Waals surface area contributed by atoms with Crippen LogP contribution in [0.3, 0.4) is 0 Å². The van der Waals surface area contributed by atoms with Gasteiger partial charge >= 0.3 is 0 Å². The lowest BCUT2D eigenvalue weighted by Gasteiger charge is -2.23. The highest BCUT2D eigenvalue weighted by Crippen LogP contribution is 2.11. The van der Waals surface area contributed by atoms with Crippen molar-refractivity contribution in [1.82, 2.24) is 24.0 Å². The van der Waals surface area contributed by atoms with Crippen molar-refractivity contribution < 1.29 is 28.5 Å². The standard InChI is InChI=1S/C24H42N6O6/c1-3-33-20-34-14-12-29-10-7-26-23(29)16-28(9-5-4-6-22(25)18-31)17-24-27-8-11-30(24)13-15-35-21-36-19-32-2/h7-8,10-11,18,22H,3-6,9,12-17,19-21,25H2,1-2H3. The largest absolute Gasteiger partial charge is 0.359 e. The molecule has 1 atom stereocenters. The molecule has 2 rings (SSSR count). The molecule has 0 aliphatic heterocycles. The zero-order valence-corrected chi connectivity index (χ0v) is 21.6. The van der Waals surface area contributed by atoms with Gasteiger partial charge in [-0.2, -0.15) is 0 Å². The first-order valence-electron chi connectivity index (χ1n) is 12.4. The van der Waals surface area contributed by atoms with Gasteiger partial charge in [0.1, 0.15) is 38.3 Å². The van der Waals surface area contributed by atoms with Crippen LogP contribution in [-0.4, -0.2) is 90.2 Å². The van der Waals surface area contributed by atoms with Gasteiger partial charge in [-0.05, 0) is 26.3 Å². The summed E-state index contributed by atoms with van der Waals surface area (Å²) < 4.78 is 30.4. The number of methoxy groups -OCH3 is 1. The van der Waals surface area contributed by atoms with Gasteiger partial charge in [0.15, 0.2) is 0 Å². The molecule has 36 heavy (non-hydrogen) atoms. The zero-order chi connectivity index (χ0) is 25.8. The number of unbranched alkanes of at least 4 members (excludes halogenated alkanes) is 1. The Labute approximate surface area is 213 Å². The summed E-state index contributed by atoms with van der Waals surface area (Å²) in [5.74, 6) is 1.90. The average Bonchev–Trinajstić information content (AvgIpc) is 3.52. The van der Waals surface area contributed by atoms with E-state index in [0.717, 1.165) is 37.3 Å². The number of ether oxygens (including phenoxy) is 5. The molecule has 0 aromatic carbocycles. The number of rotatable bonds is 23. The normalized spacial score (nSPS) is 12.4. The summed E-state index contributed by atoms with van der Waals surface area (Å²) in [4.78, 5) is 22.3. The quantitative estimate of drug-likeness (QED) is 0.133. The first-order chi connectivity index (χ1) is 17.7. The number of nitrogens with two attached hydrogens (primary N) is 1. The molecule has 2 N–H and O–H groups in total. The molecule has 0 fully saturated rings. The number of aldehydes is 1. The first kappa shape index (κ1) is 30.0. The Morgan fingerprint density at radius 3 is 2.11 bits per heavy atom. The predicted octanol–water partition coefficient (Wildman–Crippen LogP) is 1.38. The molecular formula is C24H42N6O6. The second-order valence-corrected chi connectivity index (χ2v) is 8.24. The highest BCUT2D eigenvalue weighted by atomic mass is 16.7. The lowest BCUT2D eigenvalue weighted by Crippen LogP contribution is -2.28. The van der Waals surface area contributed by atoms with Gasteiger partial charge in [0.05, 0.1) is 32.3 Å². The topological polar surface area (TPSA) is 128 Å². The fourth-order valence-electron chi connectivity index (χ4n) is 3.55. The van der Waals surface area contributed by atoms with E-state index in [0.29, 0.717) is 59.2 Å². The Hall–Kier alpha value is -2.19. The maximum atomic E-state index is 10.8. The molecule has 0 radical (unpaired) electrons. The van der Waals surface area contributed by atoms with Crippen molar-refractivity contribution in [3.63, 3.8) is 0 Å². The fraction of sp³-hybridized carbons (Fsp3) is 0.708. The summed E-state index contributed by atoms with van der Waals surface area (Å²) in [5, 5.41) is 0. The molecule has 0 bridgehead atoms. The Bertz CT molecular complexity index is 817. The number of hydrogen-bond acceptors (Lipinski definition) is 10. The van der Waals surface area contributed by atoms with Gasteiger partial charge < -0.3 is 43.3 Å². The second-order valence-electron chi connectivity index (χ2n) is 8.24. The van der Waals surface area contributed by atoms with Gasteiger partial charge in [0.2, 0.25) is 0 Å². The number of carbonyl (C=O) groups excluding carboxylic acids is 1. The molecule has 2 aromatic rings. The summed E-state index contributed by atoms with van der Waals surface area (Å²) in [6.07, 6.45) is 10.8. The van der Waals surface area contributed by atoms with E-state index in [4.69, 9.17) is 29.4 Å². The van der Waals surface area contributed by atoms with E-state index in [9.17, 15) is 4.79 Å². The monoisotopic (exact) mass is 510 g/mol. The Morgan fingerprint density at radius 1 is 0.944 bits per heavy atom. The Morgan fingerprint density at radius 2 is 1.56 bits per heavy atom. The van der Waals surface area contributed by atoms with Crippen LogP contribution in [0, 0.1) is 0 Å². The van der Waals surface area contributed by atoms with Crippen LogP contribution >= 0.6 is 0 Å². The zero-order valence-electron chi connectivity index (χ0n) is 21.6. The molecule has 12 heteroatoms. The minimum Gasteiger partial charge on any atom is -0.359 e. The maximum absolute atomic E-state index is 10.8. The molecule has 1 unspecified atom stereocenters. The van der Waals surface area contributed by atoms with E-state index in [1.54, 1.807) is 13.3 Å². The van der Waals surface area contributed by atoms with Crippen LogP contribution in [0.2, 0.25) is 0 Å². The Kier molecular flexibility index (Phi) is 15.8. The molecule has 0 saturated carbocycles. The van der Waals surface area contributed by atoms with Crippen molar-refractivity contribution in [2.75, 3.05) is 53.9 Å². The van der Waals surface area contributed by atoms with Crippen molar-refractivity contribution in [3.05, 3.63) is 36.4 Å². The van der Waals surface area contributed by atoms with Crippen molar-refractivity contribution in [3.8, 4) is 0 Å². The number of carbonyl (C=O) groups is 1. The Balaban J connectivity index is 1.94. The lowest BCUT2D eigenvalue weighted by molar-refractivity contribution is -0.121. The van der Waals surface area contributed by atoms with E-state index in [2.05, 4.69) is 24.0 Å². The van der Waals surface area contributed by atoms with Crippen LogP contribution in [0.1, 0.15) is 37.8 Å². The highest BCUT2D eigenvalue weighted by Gasteiger charge is 2.14. The van der Waals surface area contributed by atoms with E-state index >= 15 is 0 Å². The van der Waals surface area contributed by atoms with E-state index < -0.39 is 6.04 Å². The minimum atomic E-state index is -0.402. The summed E-state index contributed by atoms with van der Waals surface area (Å²) >= 11 is 0. The van der Waals surface area contributed by atoms with Crippen molar-refractivity contribution in [2.24, 2.45) is 5.73 Å². The van der Waals surface area contributed by atoms with E-state index in [-0.39, 0.29) is 13.6 Å². The molecule has 2 heterocycles. The third-order valence-electron chi connectivity index (χ3n) is 5.46. The van der Waals surface area contributed by atoms with Gasteiger partial charge in [-0.15, -0.1) is 0 Å². The number of nitrogens with zero attached hydrogens (tertiary/aromatic N) is 5. The van der Waals surface area contributed by atoms with Crippen molar-refractivity contribution in [2.45, 2.75) is 58.4 Å². The lowest BCUT2D eigenvalue weighted by atomic mass is 10.1. The van der Waals surface area contributed by atoms with Crippen LogP contribution < -0.4 is 5.73 Å². The second kappa shape index (κ2) is 19.0. The van der Waals surface area contributed by atoms with Crippen LogP contribution in [0.4, 0.5) is 0 Å². The summed E-state index contributed by atoms with van der Waals surface area (Å²) in [7, 11) is 1.57. The number of aromatic nitrogens is 4. The summed E-state index contributed by atoms with van der Waals surface area (Å²) in [6.45, 7) is 7.80. The molecule has 2 aromatic heterocycles. The number of hydrogen-bond donors (Lipinski definition) is 1. The average molecular weight is 511 g/mol. The fourth-order valence-corrected chi connectivity index (χ4v) is 3.55. The molecule has 204 valence electrons. The van der Waals surface area contributed by atoms with Crippen molar-refractivity contribution in [1.29, 1.82) is 0 Å². The van der Waals surface area contributed by atoms with Gasteiger partial charge in [0.25, 0.3) is 0 Å². The van der Waals surface area contributed by atoms with E-state index in [1.807, 2.05) is 25.5 Å². The molecule has 0 spiro atoms. The maximum Gasteiger partial charge on any atom is 0.149 e. The highest BCUT2D eigenvalue weighted by molar-refractivity contribution is 5.56. The van der Waals surface area contributed by atoms with Gasteiger partial charge in [0, 0.05) is 51.6 Å². The predicted molar refractivity (Wildman–Crippen MR) is 133 cm³/mol. The molecular weight excluding hydrogens is 468 g/mol. The molecule has 12 nitrogen and oxygen atoms in total. The molecule has 0 aliphatic rings. The molecule has 0 saturated heterocycles. The van der Waals surface area contributed by atoms with E-state index in [1.165, 1.54) is 0 Å². The van der Waals surface area contributed by atoms with Crippen LogP contribution in [0.25, 0.3) is 0 Å². The van der Waals surface area contributed by atoms with Crippen LogP contribution in [-0.2, 0) is 54.7 Å². The minimum absolute atomic E-state index is 0.184. The molecule has 0 amide bonds. The van der Waals surface area contributed by atoms with Crippen LogP contribution in [0.5, 0.6) is 0 Å². The van der Waals surface area contributed by atoms with Gasteiger partial charge in [-0.3, -0.25) is 4.90 Å².